The molecule has 2 N–H and O–H groups in total. The van der Waals surface area contributed by atoms with Gasteiger partial charge in [-0.25, -0.2) is 8.42 Å². The predicted molar refractivity (Wildman–Crippen MR) is 134 cm³/mol. The molecule has 1 aromatic heterocycles. The fraction of sp³-hybridized carbons (Fsp3) is 0.308. The van der Waals surface area contributed by atoms with Crippen molar-refractivity contribution in [2.24, 2.45) is 0 Å². The molecule has 2 aliphatic heterocycles. The molecule has 188 valence electrons. The number of carbonyl (C=O) groups excluding carboxylic acids is 1. The lowest BCUT2D eigenvalue weighted by atomic mass is 9.96. The number of benzene rings is 2. The lowest BCUT2D eigenvalue weighted by Gasteiger charge is -2.30. The third-order valence-corrected chi connectivity index (χ3v) is 8.45. The number of morpholine rings is 1. The molecule has 9 nitrogen and oxygen atoms in total. The number of aromatic hydroxyl groups is 2. The third-order valence-electron chi connectivity index (χ3n) is 6.59. The number of aromatic nitrogens is 1. The Hall–Kier alpha value is -3.47. The predicted octanol–water partition coefficient (Wildman–Crippen LogP) is 3.08. The summed E-state index contributed by atoms with van der Waals surface area (Å²) in [6, 6.07) is 11.3. The van der Waals surface area contributed by atoms with E-state index in [4.69, 9.17) is 4.74 Å². The van der Waals surface area contributed by atoms with Crippen LogP contribution in [-0.2, 0) is 21.2 Å². The van der Waals surface area contributed by atoms with E-state index in [0.717, 1.165) is 41.3 Å². The smallest absolute Gasteiger partial charge is 0.262 e. The fourth-order valence-electron chi connectivity index (χ4n) is 4.73. The summed E-state index contributed by atoms with van der Waals surface area (Å²) in [7, 11) is -3.64. The number of nitrogens with zero attached hydrogens (tertiary/aromatic N) is 3. The molecule has 1 fully saturated rings. The van der Waals surface area contributed by atoms with Gasteiger partial charge in [0.15, 0.2) is 0 Å². The van der Waals surface area contributed by atoms with E-state index in [2.05, 4.69) is 4.98 Å². The maximum Gasteiger partial charge on any atom is 0.262 e. The molecule has 0 spiro atoms. The zero-order valence-electron chi connectivity index (χ0n) is 19.8. The van der Waals surface area contributed by atoms with Crippen molar-refractivity contribution in [3.8, 4) is 22.8 Å². The van der Waals surface area contributed by atoms with Crippen LogP contribution in [0.15, 0.2) is 53.6 Å². The highest BCUT2D eigenvalue weighted by Crippen LogP contribution is 2.35. The summed E-state index contributed by atoms with van der Waals surface area (Å²) >= 11 is 0. The van der Waals surface area contributed by atoms with Crippen LogP contribution < -0.4 is 4.90 Å². The van der Waals surface area contributed by atoms with E-state index in [1.807, 2.05) is 25.1 Å². The van der Waals surface area contributed by atoms with Gasteiger partial charge in [0.25, 0.3) is 5.91 Å². The van der Waals surface area contributed by atoms with Crippen LogP contribution in [0.1, 0.15) is 27.9 Å². The first-order chi connectivity index (χ1) is 17.3. The van der Waals surface area contributed by atoms with Gasteiger partial charge < -0.3 is 19.8 Å². The van der Waals surface area contributed by atoms with Crippen molar-refractivity contribution in [1.29, 1.82) is 0 Å². The van der Waals surface area contributed by atoms with Crippen LogP contribution >= 0.6 is 0 Å². The summed E-state index contributed by atoms with van der Waals surface area (Å²) in [6.07, 6.45) is 2.93. The lowest BCUT2D eigenvalue weighted by molar-refractivity contribution is 0.0730. The maximum atomic E-state index is 13.2. The van der Waals surface area contributed by atoms with Crippen LogP contribution in [-0.4, -0.2) is 66.7 Å². The van der Waals surface area contributed by atoms with Gasteiger partial charge in [-0.1, -0.05) is 6.07 Å². The summed E-state index contributed by atoms with van der Waals surface area (Å²) < 4.78 is 32.7. The van der Waals surface area contributed by atoms with E-state index >= 15 is 0 Å². The number of amides is 1. The highest BCUT2D eigenvalue weighted by Gasteiger charge is 2.28. The first-order valence-electron chi connectivity index (χ1n) is 11.8. The van der Waals surface area contributed by atoms with Crippen LogP contribution in [0.5, 0.6) is 11.5 Å². The van der Waals surface area contributed by atoms with Crippen molar-refractivity contribution in [3.05, 3.63) is 65.4 Å². The SMILES string of the molecule is Cc1cc(S(=O)(=O)N2CCOCC2)cnc1-c1ccc2c(c1)CCCN2C(=O)c1ccc(O)cc1O. The molecule has 3 aromatic rings. The van der Waals surface area contributed by atoms with Gasteiger partial charge in [0, 0.05) is 43.1 Å². The molecular formula is C26H27N3O6S. The second-order valence-corrected chi connectivity index (χ2v) is 10.9. The Balaban J connectivity index is 1.44. The number of rotatable bonds is 4. The number of fused-ring (bicyclic) bond motifs is 1. The Kier molecular flexibility index (Phi) is 6.42. The molecule has 2 aliphatic rings. The van der Waals surface area contributed by atoms with Gasteiger partial charge in [-0.3, -0.25) is 9.78 Å². The molecule has 0 unspecified atom stereocenters. The number of phenolic OH excluding ortho intramolecular Hbond substituents is 2. The van der Waals surface area contributed by atoms with Crippen molar-refractivity contribution >= 4 is 21.6 Å². The number of ether oxygens (including phenoxy) is 1. The molecule has 10 heteroatoms. The molecule has 1 saturated heterocycles. The van der Waals surface area contributed by atoms with Gasteiger partial charge in [-0.15, -0.1) is 0 Å². The maximum absolute atomic E-state index is 13.2. The molecule has 3 heterocycles. The van der Waals surface area contributed by atoms with Gasteiger partial charge >= 0.3 is 0 Å². The molecule has 0 aliphatic carbocycles. The van der Waals surface area contributed by atoms with Crippen LogP contribution in [0.3, 0.4) is 0 Å². The second-order valence-electron chi connectivity index (χ2n) is 8.96. The van der Waals surface area contributed by atoms with Crippen molar-refractivity contribution in [2.45, 2.75) is 24.7 Å². The van der Waals surface area contributed by atoms with Gasteiger partial charge in [-0.2, -0.15) is 4.31 Å². The van der Waals surface area contributed by atoms with Gasteiger partial charge in [-0.05, 0) is 61.2 Å². The highest BCUT2D eigenvalue weighted by atomic mass is 32.2. The summed E-state index contributed by atoms with van der Waals surface area (Å²) in [5.74, 6) is -0.719. The lowest BCUT2D eigenvalue weighted by Crippen LogP contribution is -2.40. The van der Waals surface area contributed by atoms with Gasteiger partial charge in [0.05, 0.1) is 24.5 Å². The van der Waals surface area contributed by atoms with E-state index in [0.29, 0.717) is 38.5 Å². The highest BCUT2D eigenvalue weighted by molar-refractivity contribution is 7.89. The molecular weight excluding hydrogens is 482 g/mol. The minimum atomic E-state index is -3.64. The standard InChI is InChI=1S/C26H27N3O6S/c1-17-13-21(36(33,34)28-9-11-35-12-10-28)16-27-25(17)19-4-7-23-18(14-19)3-2-8-29(23)26(32)22-6-5-20(30)15-24(22)31/h4-7,13-16,30-31H,2-3,8-12H2,1H3. The van der Waals surface area contributed by atoms with E-state index in [-0.39, 0.29) is 27.9 Å². The van der Waals surface area contributed by atoms with Crippen LogP contribution in [0.25, 0.3) is 11.3 Å². The average molecular weight is 510 g/mol. The Labute approximate surface area is 209 Å². The van der Waals surface area contributed by atoms with E-state index in [1.165, 1.54) is 22.6 Å². The molecule has 1 amide bonds. The Morgan fingerprint density at radius 1 is 1.03 bits per heavy atom. The summed E-state index contributed by atoms with van der Waals surface area (Å²) in [4.78, 5) is 19.5. The Morgan fingerprint density at radius 3 is 2.53 bits per heavy atom. The number of hydrogen-bond donors (Lipinski definition) is 2. The molecule has 2 aromatic carbocycles. The zero-order chi connectivity index (χ0) is 25.4. The quantitative estimate of drug-likeness (QED) is 0.555. The fourth-order valence-corrected chi connectivity index (χ4v) is 6.17. The van der Waals surface area contributed by atoms with E-state index < -0.39 is 10.0 Å². The number of phenols is 2. The normalized spacial score (nSPS) is 16.5. The average Bonchev–Trinajstić information content (AvgIpc) is 2.88. The first-order valence-corrected chi connectivity index (χ1v) is 13.2. The Bertz CT molecular complexity index is 1430. The monoisotopic (exact) mass is 509 g/mol. The molecule has 5 rings (SSSR count). The van der Waals surface area contributed by atoms with E-state index in [9.17, 15) is 23.4 Å². The molecule has 0 atom stereocenters. The van der Waals surface area contributed by atoms with Crippen molar-refractivity contribution < 1.29 is 28.2 Å². The van der Waals surface area contributed by atoms with Crippen LogP contribution in [0.4, 0.5) is 5.69 Å². The minimum absolute atomic E-state index is 0.112. The minimum Gasteiger partial charge on any atom is -0.508 e. The van der Waals surface area contributed by atoms with Crippen molar-refractivity contribution in [1.82, 2.24) is 9.29 Å². The number of sulfonamides is 1. The Morgan fingerprint density at radius 2 is 1.81 bits per heavy atom. The largest absolute Gasteiger partial charge is 0.508 e. The summed E-state index contributed by atoms with van der Waals surface area (Å²) in [5.41, 5.74) is 4.10. The summed E-state index contributed by atoms with van der Waals surface area (Å²) in [5, 5.41) is 19.7. The van der Waals surface area contributed by atoms with Gasteiger partial charge in [0.2, 0.25) is 10.0 Å². The zero-order valence-corrected chi connectivity index (χ0v) is 20.7. The first kappa shape index (κ1) is 24.2. The van der Waals surface area contributed by atoms with Crippen LogP contribution in [0.2, 0.25) is 0 Å². The third kappa shape index (κ3) is 4.43. The van der Waals surface area contributed by atoms with Crippen LogP contribution in [0, 0.1) is 6.92 Å². The second kappa shape index (κ2) is 9.53. The number of hydrogen-bond acceptors (Lipinski definition) is 7. The number of carbonyl (C=O) groups is 1. The topological polar surface area (TPSA) is 120 Å². The van der Waals surface area contributed by atoms with Crippen molar-refractivity contribution in [3.63, 3.8) is 0 Å². The van der Waals surface area contributed by atoms with E-state index in [1.54, 1.807) is 11.0 Å². The molecule has 0 radical (unpaired) electrons. The summed E-state index contributed by atoms with van der Waals surface area (Å²) in [6.45, 7) is 3.76. The molecule has 36 heavy (non-hydrogen) atoms. The van der Waals surface area contributed by atoms with Crippen molar-refractivity contribution in [2.75, 3.05) is 37.7 Å². The number of aryl methyl sites for hydroxylation is 2. The molecule has 0 saturated carbocycles. The number of pyridine rings is 1. The molecule has 0 bridgehead atoms. The van der Waals surface area contributed by atoms with Gasteiger partial charge in [0.1, 0.15) is 16.4 Å². The number of anilines is 1.